The lowest BCUT2D eigenvalue weighted by molar-refractivity contribution is 0.466. The first kappa shape index (κ1) is 14.5. The molecule has 0 aliphatic heterocycles. The van der Waals surface area contributed by atoms with Crippen molar-refractivity contribution in [3.63, 3.8) is 0 Å². The number of nitrogens with one attached hydrogen (secondary N) is 1. The first-order valence-electron chi connectivity index (χ1n) is 5.94. The molecule has 0 unspecified atom stereocenters. The van der Waals surface area contributed by atoms with E-state index >= 15 is 0 Å². The van der Waals surface area contributed by atoms with Gasteiger partial charge in [0.25, 0.3) is 0 Å². The van der Waals surface area contributed by atoms with Crippen LogP contribution in [0.4, 0.5) is 5.95 Å². The van der Waals surface area contributed by atoms with Gasteiger partial charge < -0.3 is 4.74 Å². The Balaban J connectivity index is 2.10. The van der Waals surface area contributed by atoms with E-state index in [-0.39, 0.29) is 0 Å². The predicted molar refractivity (Wildman–Crippen MR) is 89.2 cm³/mol. The Kier molecular flexibility index (Phi) is 3.99. The number of thiophene rings is 1. The number of ether oxygens (including phenoxy) is 1. The highest BCUT2D eigenvalue weighted by Gasteiger charge is 2.13. The number of hydrogen-bond acceptors (Lipinski definition) is 6. The Hall–Kier alpha value is -1.41. The van der Waals surface area contributed by atoms with Crippen molar-refractivity contribution in [1.82, 2.24) is 9.97 Å². The minimum atomic E-state index is 0.310. The molecule has 0 spiro atoms. The molecule has 108 valence electrons. The zero-order chi connectivity index (χ0) is 15.0. The van der Waals surface area contributed by atoms with Crippen molar-refractivity contribution in [2.45, 2.75) is 6.92 Å². The SMILES string of the molecule is Cc1cc2c(Oc3ccc(Cl)cc3Br)nc(NN)nc2s1. The van der Waals surface area contributed by atoms with Crippen molar-refractivity contribution in [2.75, 3.05) is 5.43 Å². The van der Waals surface area contributed by atoms with E-state index in [2.05, 4.69) is 31.3 Å². The van der Waals surface area contributed by atoms with Crippen LogP contribution < -0.4 is 16.0 Å². The highest BCUT2D eigenvalue weighted by Crippen LogP contribution is 2.36. The zero-order valence-corrected chi connectivity index (χ0v) is 14.0. The molecule has 2 heterocycles. The molecule has 0 aliphatic rings. The largest absolute Gasteiger partial charge is 0.437 e. The molecule has 0 atom stereocenters. The summed E-state index contributed by atoms with van der Waals surface area (Å²) in [6.45, 7) is 2.00. The number of hydrogen-bond donors (Lipinski definition) is 2. The fourth-order valence-corrected chi connectivity index (χ4v) is 3.45. The maximum atomic E-state index is 5.93. The third kappa shape index (κ3) is 2.96. The summed E-state index contributed by atoms with van der Waals surface area (Å²) in [4.78, 5) is 10.5. The third-order valence-corrected chi connectivity index (χ3v) is 4.51. The Morgan fingerprint density at radius 2 is 2.14 bits per heavy atom. The number of aromatic nitrogens is 2. The predicted octanol–water partition coefficient (Wildman–Crippen LogP) is 4.49. The molecule has 0 amide bonds. The van der Waals surface area contributed by atoms with E-state index in [1.165, 1.54) is 0 Å². The van der Waals surface area contributed by atoms with E-state index in [0.29, 0.717) is 22.6 Å². The molecule has 3 rings (SSSR count). The van der Waals surface area contributed by atoms with E-state index in [9.17, 15) is 0 Å². The highest BCUT2D eigenvalue weighted by atomic mass is 79.9. The summed E-state index contributed by atoms with van der Waals surface area (Å²) in [7, 11) is 0. The van der Waals surface area contributed by atoms with Gasteiger partial charge >= 0.3 is 0 Å². The number of halogens is 2. The monoisotopic (exact) mass is 384 g/mol. The lowest BCUT2D eigenvalue weighted by Crippen LogP contribution is -2.10. The molecule has 0 saturated carbocycles. The zero-order valence-electron chi connectivity index (χ0n) is 10.9. The number of anilines is 1. The highest BCUT2D eigenvalue weighted by molar-refractivity contribution is 9.10. The second kappa shape index (κ2) is 5.76. The van der Waals surface area contributed by atoms with E-state index in [0.717, 1.165) is 19.6 Å². The molecule has 0 saturated heterocycles. The van der Waals surface area contributed by atoms with E-state index in [1.807, 2.05) is 13.0 Å². The van der Waals surface area contributed by atoms with Gasteiger partial charge in [0.2, 0.25) is 11.8 Å². The van der Waals surface area contributed by atoms with Crippen LogP contribution in [-0.4, -0.2) is 9.97 Å². The molecule has 3 N–H and O–H groups in total. The van der Waals surface area contributed by atoms with Gasteiger partial charge in [-0.1, -0.05) is 11.6 Å². The average molecular weight is 386 g/mol. The van der Waals surface area contributed by atoms with E-state index in [1.54, 1.807) is 29.5 Å². The van der Waals surface area contributed by atoms with Crippen LogP contribution >= 0.6 is 38.9 Å². The smallest absolute Gasteiger partial charge is 0.241 e. The Labute approximate surface area is 138 Å². The fourth-order valence-electron chi connectivity index (χ4n) is 1.82. The van der Waals surface area contributed by atoms with Crippen LogP contribution in [0.25, 0.3) is 10.2 Å². The van der Waals surface area contributed by atoms with E-state index < -0.39 is 0 Å². The van der Waals surface area contributed by atoms with Gasteiger partial charge in [0.15, 0.2) is 0 Å². The number of nitrogens with two attached hydrogens (primary N) is 1. The number of benzene rings is 1. The normalized spacial score (nSPS) is 10.9. The van der Waals surface area contributed by atoms with Gasteiger partial charge in [-0.3, -0.25) is 5.43 Å². The van der Waals surface area contributed by atoms with Crippen LogP contribution in [0.15, 0.2) is 28.7 Å². The number of aryl methyl sites for hydroxylation is 1. The number of fused-ring (bicyclic) bond motifs is 1. The molecule has 0 aliphatic carbocycles. The number of hydrazine groups is 1. The minimum Gasteiger partial charge on any atom is -0.437 e. The summed E-state index contributed by atoms with van der Waals surface area (Å²) in [5, 5.41) is 1.47. The molecule has 8 heteroatoms. The average Bonchev–Trinajstić information content (AvgIpc) is 2.82. The molecule has 5 nitrogen and oxygen atoms in total. The molecule has 0 radical (unpaired) electrons. The summed E-state index contributed by atoms with van der Waals surface area (Å²) in [5.74, 6) is 6.78. The van der Waals surface area contributed by atoms with Gasteiger partial charge in [0, 0.05) is 9.90 Å². The van der Waals surface area contributed by atoms with Crippen LogP contribution in [0.3, 0.4) is 0 Å². The van der Waals surface area contributed by atoms with Gasteiger partial charge in [-0.25, -0.2) is 10.8 Å². The van der Waals surface area contributed by atoms with Gasteiger partial charge in [-0.15, -0.1) is 11.3 Å². The molecule has 2 aromatic heterocycles. The first-order chi connectivity index (χ1) is 10.1. The molecule has 3 aromatic rings. The summed E-state index contributed by atoms with van der Waals surface area (Å²) in [6.07, 6.45) is 0. The molecular weight excluding hydrogens is 376 g/mol. The quantitative estimate of drug-likeness (QED) is 0.513. The van der Waals surface area contributed by atoms with Crippen molar-refractivity contribution in [3.8, 4) is 11.6 Å². The Morgan fingerprint density at radius 1 is 1.33 bits per heavy atom. The third-order valence-electron chi connectivity index (χ3n) is 2.71. The summed E-state index contributed by atoms with van der Waals surface area (Å²) >= 11 is 10.9. The van der Waals surface area contributed by atoms with Crippen LogP contribution in [0, 0.1) is 6.92 Å². The topological polar surface area (TPSA) is 73.1 Å². The Bertz CT molecular complexity index is 823. The second-order valence-corrected chi connectivity index (χ2v) is 6.77. The number of nitrogens with zero attached hydrogens (tertiary/aromatic N) is 2. The molecule has 0 bridgehead atoms. The lowest BCUT2D eigenvalue weighted by Gasteiger charge is -2.09. The fraction of sp³-hybridized carbons (Fsp3) is 0.0769. The first-order valence-corrected chi connectivity index (χ1v) is 7.93. The standard InChI is InChI=1S/C13H10BrClN4OS/c1-6-4-8-11(17-13(19-16)18-12(8)21-6)20-10-3-2-7(15)5-9(10)14/h2-5H,16H2,1H3,(H,17,18,19). The maximum absolute atomic E-state index is 5.93. The van der Waals surface area contributed by atoms with Crippen molar-refractivity contribution in [1.29, 1.82) is 0 Å². The second-order valence-electron chi connectivity index (χ2n) is 4.25. The molecule has 1 aromatic carbocycles. The summed E-state index contributed by atoms with van der Waals surface area (Å²) in [5.41, 5.74) is 2.45. The van der Waals surface area contributed by atoms with Gasteiger partial charge in [-0.05, 0) is 47.1 Å². The Morgan fingerprint density at radius 3 is 2.86 bits per heavy atom. The number of rotatable bonds is 3. The van der Waals surface area contributed by atoms with Crippen molar-refractivity contribution < 1.29 is 4.74 Å². The molecular formula is C13H10BrClN4OS. The van der Waals surface area contributed by atoms with Crippen LogP contribution in [0.2, 0.25) is 5.02 Å². The molecule has 0 fully saturated rings. The van der Waals surface area contributed by atoms with Gasteiger partial charge in [0.1, 0.15) is 10.6 Å². The van der Waals surface area contributed by atoms with Gasteiger partial charge in [0.05, 0.1) is 9.86 Å². The van der Waals surface area contributed by atoms with Crippen LogP contribution in [-0.2, 0) is 0 Å². The van der Waals surface area contributed by atoms with Crippen LogP contribution in [0.5, 0.6) is 11.6 Å². The summed E-state index contributed by atoms with van der Waals surface area (Å²) in [6, 6.07) is 7.27. The maximum Gasteiger partial charge on any atom is 0.241 e. The van der Waals surface area contributed by atoms with Crippen LogP contribution in [0.1, 0.15) is 4.88 Å². The van der Waals surface area contributed by atoms with Crippen molar-refractivity contribution >= 4 is 55.0 Å². The molecule has 21 heavy (non-hydrogen) atoms. The summed E-state index contributed by atoms with van der Waals surface area (Å²) < 4.78 is 6.63. The van der Waals surface area contributed by atoms with Gasteiger partial charge in [-0.2, -0.15) is 4.98 Å². The van der Waals surface area contributed by atoms with Crippen molar-refractivity contribution in [2.24, 2.45) is 5.84 Å². The minimum absolute atomic E-state index is 0.310. The van der Waals surface area contributed by atoms with E-state index in [4.69, 9.17) is 22.2 Å². The van der Waals surface area contributed by atoms with Crippen molar-refractivity contribution in [3.05, 3.63) is 38.6 Å². The lowest BCUT2D eigenvalue weighted by atomic mass is 10.3. The number of nitrogen functional groups attached to an aromatic ring is 1.